The molecule has 0 bridgehead atoms. The van der Waals surface area contributed by atoms with E-state index in [0.29, 0.717) is 50.5 Å². The number of carbonyl (C=O) groups is 2. The summed E-state index contributed by atoms with van der Waals surface area (Å²) in [5, 5.41) is 13.7. The standard InChI is InChI=1S/C20H26F3N3O5/c21-20(22,23)19(29)25-9-13-1-3-14(4-2-13)17(27)24-10-16-12-31-8-6-26(16)18(28)15-5-7-30-11-15/h1-4,15-16,19,25,29H,5-12H2,(H,24,27)/t15?,16-,19?/m1/s1. The Kier molecular flexibility index (Phi) is 7.87. The number of amides is 2. The largest absolute Gasteiger partial charge is 0.427 e. The normalized spacial score (nSPS) is 22.9. The number of aliphatic hydroxyl groups excluding tert-OH is 1. The number of carbonyl (C=O) groups excluding carboxylic acids is 2. The SMILES string of the molecule is O=C(NC[C@@H]1COCCN1C(=O)C1CCOC1)c1ccc(CNC(O)C(F)(F)F)cc1. The number of halogens is 3. The summed E-state index contributed by atoms with van der Waals surface area (Å²) in [6.45, 7) is 2.23. The van der Waals surface area contributed by atoms with Crippen LogP contribution < -0.4 is 10.6 Å². The lowest BCUT2D eigenvalue weighted by molar-refractivity contribution is -0.213. The number of nitrogens with zero attached hydrogens (tertiary/aromatic N) is 1. The molecule has 2 heterocycles. The summed E-state index contributed by atoms with van der Waals surface area (Å²) in [5.41, 5.74) is 0.815. The molecule has 0 radical (unpaired) electrons. The van der Waals surface area contributed by atoms with Crippen molar-refractivity contribution in [2.24, 2.45) is 5.92 Å². The molecule has 11 heteroatoms. The minimum Gasteiger partial charge on any atom is -0.381 e. The monoisotopic (exact) mass is 445 g/mol. The molecule has 2 amide bonds. The Balaban J connectivity index is 1.50. The fourth-order valence-corrected chi connectivity index (χ4v) is 3.49. The molecule has 3 atom stereocenters. The third kappa shape index (κ3) is 6.39. The van der Waals surface area contributed by atoms with Gasteiger partial charge in [-0.2, -0.15) is 13.2 Å². The van der Waals surface area contributed by atoms with Crippen LogP contribution in [0.4, 0.5) is 13.2 Å². The number of nitrogens with one attached hydrogen (secondary N) is 2. The van der Waals surface area contributed by atoms with Crippen LogP contribution in [0.2, 0.25) is 0 Å². The molecule has 3 rings (SSSR count). The van der Waals surface area contributed by atoms with E-state index in [1.165, 1.54) is 24.3 Å². The Labute approximate surface area is 177 Å². The molecule has 2 aliphatic rings. The summed E-state index contributed by atoms with van der Waals surface area (Å²) >= 11 is 0. The molecule has 1 aromatic carbocycles. The van der Waals surface area contributed by atoms with E-state index < -0.39 is 12.4 Å². The van der Waals surface area contributed by atoms with Crippen molar-refractivity contribution in [1.82, 2.24) is 15.5 Å². The van der Waals surface area contributed by atoms with Gasteiger partial charge in [0.25, 0.3) is 5.91 Å². The van der Waals surface area contributed by atoms with E-state index in [0.717, 1.165) is 0 Å². The average molecular weight is 445 g/mol. The van der Waals surface area contributed by atoms with Gasteiger partial charge in [0, 0.05) is 31.8 Å². The molecule has 0 aromatic heterocycles. The van der Waals surface area contributed by atoms with Crippen molar-refractivity contribution in [2.75, 3.05) is 39.5 Å². The zero-order valence-corrected chi connectivity index (χ0v) is 16.9. The highest BCUT2D eigenvalue weighted by atomic mass is 19.4. The van der Waals surface area contributed by atoms with Crippen molar-refractivity contribution < 1.29 is 37.3 Å². The Morgan fingerprint density at radius 3 is 2.52 bits per heavy atom. The number of rotatable bonds is 7. The summed E-state index contributed by atoms with van der Waals surface area (Å²) < 4.78 is 47.7. The Bertz CT molecular complexity index is 753. The predicted octanol–water partition coefficient (Wildman–Crippen LogP) is 0.651. The number of ether oxygens (including phenoxy) is 2. The van der Waals surface area contributed by atoms with E-state index in [1.807, 2.05) is 5.32 Å². The molecule has 0 saturated carbocycles. The van der Waals surface area contributed by atoms with Crippen LogP contribution in [0.1, 0.15) is 22.3 Å². The van der Waals surface area contributed by atoms with E-state index in [4.69, 9.17) is 14.6 Å². The van der Waals surface area contributed by atoms with Crippen molar-refractivity contribution >= 4 is 11.8 Å². The van der Waals surface area contributed by atoms with Crippen LogP contribution in [0.5, 0.6) is 0 Å². The number of benzene rings is 1. The van der Waals surface area contributed by atoms with Crippen molar-refractivity contribution in [3.8, 4) is 0 Å². The molecule has 2 unspecified atom stereocenters. The molecular formula is C20H26F3N3O5. The molecule has 8 nitrogen and oxygen atoms in total. The molecule has 0 spiro atoms. The first-order valence-electron chi connectivity index (χ1n) is 10.1. The van der Waals surface area contributed by atoms with Gasteiger partial charge in [-0.05, 0) is 24.1 Å². The van der Waals surface area contributed by atoms with Gasteiger partial charge in [-0.25, -0.2) is 0 Å². The number of morpholine rings is 1. The first-order chi connectivity index (χ1) is 14.8. The Hall–Kier alpha value is -2.21. The third-order valence-corrected chi connectivity index (χ3v) is 5.31. The number of hydrogen-bond acceptors (Lipinski definition) is 6. The zero-order valence-electron chi connectivity index (χ0n) is 16.9. The minimum atomic E-state index is -4.75. The van der Waals surface area contributed by atoms with Gasteiger partial charge in [0.1, 0.15) is 0 Å². The third-order valence-electron chi connectivity index (χ3n) is 5.31. The molecular weight excluding hydrogens is 419 g/mol. The van der Waals surface area contributed by atoms with Crippen LogP contribution in [-0.2, 0) is 20.8 Å². The van der Waals surface area contributed by atoms with Crippen LogP contribution in [0.25, 0.3) is 0 Å². The highest BCUT2D eigenvalue weighted by Crippen LogP contribution is 2.20. The van der Waals surface area contributed by atoms with Gasteiger partial charge in [-0.15, -0.1) is 0 Å². The van der Waals surface area contributed by atoms with Gasteiger partial charge in [-0.1, -0.05) is 12.1 Å². The highest BCUT2D eigenvalue weighted by Gasteiger charge is 2.38. The number of alkyl halides is 3. The summed E-state index contributed by atoms with van der Waals surface area (Å²) in [5.74, 6) is -0.511. The van der Waals surface area contributed by atoms with E-state index in [-0.39, 0.29) is 36.9 Å². The topological polar surface area (TPSA) is 100 Å². The van der Waals surface area contributed by atoms with Crippen molar-refractivity contribution in [3.63, 3.8) is 0 Å². The Morgan fingerprint density at radius 1 is 1.16 bits per heavy atom. The van der Waals surface area contributed by atoms with Crippen LogP contribution in [0.3, 0.4) is 0 Å². The van der Waals surface area contributed by atoms with Crippen molar-refractivity contribution in [1.29, 1.82) is 0 Å². The second-order valence-corrected chi connectivity index (χ2v) is 7.55. The molecule has 172 valence electrons. The van der Waals surface area contributed by atoms with E-state index in [2.05, 4.69) is 5.32 Å². The van der Waals surface area contributed by atoms with Gasteiger partial charge >= 0.3 is 6.18 Å². The maximum absolute atomic E-state index is 12.7. The maximum atomic E-state index is 12.7. The summed E-state index contributed by atoms with van der Waals surface area (Å²) in [4.78, 5) is 26.9. The first kappa shape index (κ1) is 23.5. The van der Waals surface area contributed by atoms with Gasteiger partial charge < -0.3 is 24.8 Å². The molecule has 2 fully saturated rings. The average Bonchev–Trinajstić information content (AvgIpc) is 3.30. The Morgan fingerprint density at radius 2 is 1.87 bits per heavy atom. The second-order valence-electron chi connectivity index (χ2n) is 7.55. The molecule has 2 saturated heterocycles. The van der Waals surface area contributed by atoms with Gasteiger partial charge in [0.05, 0.1) is 31.8 Å². The summed E-state index contributed by atoms with van der Waals surface area (Å²) in [6, 6.07) is 5.71. The zero-order chi connectivity index (χ0) is 22.4. The molecule has 2 aliphatic heterocycles. The smallest absolute Gasteiger partial charge is 0.381 e. The van der Waals surface area contributed by atoms with E-state index >= 15 is 0 Å². The maximum Gasteiger partial charge on any atom is 0.427 e. The highest BCUT2D eigenvalue weighted by molar-refractivity contribution is 5.94. The van der Waals surface area contributed by atoms with Crippen molar-refractivity contribution in [3.05, 3.63) is 35.4 Å². The van der Waals surface area contributed by atoms with Crippen molar-refractivity contribution in [2.45, 2.75) is 31.4 Å². The fraction of sp³-hybridized carbons (Fsp3) is 0.600. The van der Waals surface area contributed by atoms with Gasteiger partial charge in [0.15, 0.2) is 0 Å². The lowest BCUT2D eigenvalue weighted by Gasteiger charge is -2.37. The fourth-order valence-electron chi connectivity index (χ4n) is 3.49. The van der Waals surface area contributed by atoms with Crippen LogP contribution >= 0.6 is 0 Å². The lowest BCUT2D eigenvalue weighted by atomic mass is 10.1. The summed E-state index contributed by atoms with van der Waals surface area (Å²) in [7, 11) is 0. The molecule has 1 aromatic rings. The van der Waals surface area contributed by atoms with Gasteiger partial charge in [0.2, 0.25) is 12.1 Å². The van der Waals surface area contributed by atoms with Gasteiger partial charge in [-0.3, -0.25) is 14.9 Å². The quantitative estimate of drug-likeness (QED) is 0.533. The first-order valence-corrected chi connectivity index (χ1v) is 10.1. The molecule has 3 N–H and O–H groups in total. The van der Waals surface area contributed by atoms with Crippen LogP contribution in [-0.4, -0.2) is 79.8 Å². The lowest BCUT2D eigenvalue weighted by Crippen LogP contribution is -2.55. The van der Waals surface area contributed by atoms with Crippen LogP contribution in [0, 0.1) is 5.92 Å². The molecule has 0 aliphatic carbocycles. The van der Waals surface area contributed by atoms with E-state index in [9.17, 15) is 22.8 Å². The number of aliphatic hydroxyl groups is 1. The van der Waals surface area contributed by atoms with Crippen LogP contribution in [0.15, 0.2) is 24.3 Å². The predicted molar refractivity (Wildman–Crippen MR) is 103 cm³/mol. The summed E-state index contributed by atoms with van der Waals surface area (Å²) in [6.07, 6.45) is -6.67. The molecule has 31 heavy (non-hydrogen) atoms. The second kappa shape index (κ2) is 10.4. The van der Waals surface area contributed by atoms with E-state index in [1.54, 1.807) is 4.90 Å². The minimum absolute atomic E-state index is 0.0120. The number of hydrogen-bond donors (Lipinski definition) is 3.